The van der Waals surface area contributed by atoms with Crippen LogP contribution < -0.4 is 4.90 Å². The molecule has 5 heteroatoms. The van der Waals surface area contributed by atoms with Crippen LogP contribution in [0.15, 0.2) is 91.0 Å². The van der Waals surface area contributed by atoms with Gasteiger partial charge in [-0.05, 0) is 36.5 Å². The van der Waals surface area contributed by atoms with E-state index < -0.39 is 5.72 Å². The second kappa shape index (κ2) is 6.95. The summed E-state index contributed by atoms with van der Waals surface area (Å²) in [7, 11) is 0. The fraction of sp³-hybridized carbons (Fsp3) is 0.0909. The average molecular weight is 374 g/mol. The topological polar surface area (TPSA) is 43.8 Å². The molecule has 1 fully saturated rings. The maximum atomic E-state index is 13.1. The van der Waals surface area contributed by atoms with Gasteiger partial charge in [0.05, 0.1) is 6.54 Å². The van der Waals surface area contributed by atoms with Gasteiger partial charge in [-0.2, -0.15) is 0 Å². The number of nitrogens with zero attached hydrogens (tertiary/aromatic N) is 2. The molecule has 0 spiro atoms. The Labute approximate surface area is 163 Å². The summed E-state index contributed by atoms with van der Waals surface area (Å²) in [6, 6.07) is 27.7. The number of thiocarbonyl (C=S) groups is 1. The molecular formula is C22H18N2O2S. The zero-order valence-corrected chi connectivity index (χ0v) is 15.3. The van der Waals surface area contributed by atoms with Crippen LogP contribution in [-0.4, -0.2) is 27.6 Å². The molecule has 1 saturated heterocycles. The van der Waals surface area contributed by atoms with Crippen molar-refractivity contribution in [3.05, 3.63) is 102 Å². The van der Waals surface area contributed by atoms with Crippen molar-refractivity contribution in [2.45, 2.75) is 5.72 Å². The highest BCUT2D eigenvalue weighted by molar-refractivity contribution is 7.80. The molecule has 1 unspecified atom stereocenters. The molecule has 1 aliphatic rings. The normalized spacial score (nSPS) is 19.4. The minimum absolute atomic E-state index is 0.0540. The number of amides is 1. The lowest BCUT2D eigenvalue weighted by Crippen LogP contribution is -2.44. The van der Waals surface area contributed by atoms with Gasteiger partial charge in [-0.1, -0.05) is 66.7 Å². The first-order valence-corrected chi connectivity index (χ1v) is 9.06. The second-order valence-electron chi connectivity index (χ2n) is 6.39. The minimum Gasteiger partial charge on any atom is -0.365 e. The third-order valence-electron chi connectivity index (χ3n) is 4.69. The maximum absolute atomic E-state index is 13.1. The SMILES string of the molecule is O=C(c1ccccc1)N1CC(O)(c2ccccc2)N(c2ccccc2)C1=S. The van der Waals surface area contributed by atoms with Gasteiger partial charge in [-0.25, -0.2) is 0 Å². The first-order chi connectivity index (χ1) is 13.1. The van der Waals surface area contributed by atoms with E-state index in [0.717, 1.165) is 5.69 Å². The maximum Gasteiger partial charge on any atom is 0.260 e. The van der Waals surface area contributed by atoms with Crippen LogP contribution >= 0.6 is 12.2 Å². The summed E-state index contributed by atoms with van der Waals surface area (Å²) in [5, 5.41) is 11.9. The summed E-state index contributed by atoms with van der Waals surface area (Å²) >= 11 is 5.64. The fourth-order valence-electron chi connectivity index (χ4n) is 3.36. The van der Waals surface area contributed by atoms with Gasteiger partial charge >= 0.3 is 0 Å². The van der Waals surface area contributed by atoms with Crippen LogP contribution in [0.3, 0.4) is 0 Å². The van der Waals surface area contributed by atoms with Gasteiger partial charge in [-0.15, -0.1) is 0 Å². The van der Waals surface area contributed by atoms with Crippen molar-refractivity contribution in [1.29, 1.82) is 0 Å². The van der Waals surface area contributed by atoms with Crippen LogP contribution in [0.25, 0.3) is 0 Å². The molecule has 0 radical (unpaired) electrons. The smallest absolute Gasteiger partial charge is 0.260 e. The van der Waals surface area contributed by atoms with Gasteiger partial charge in [0.25, 0.3) is 5.91 Å². The highest BCUT2D eigenvalue weighted by Gasteiger charge is 2.50. The van der Waals surface area contributed by atoms with E-state index >= 15 is 0 Å². The van der Waals surface area contributed by atoms with E-state index in [-0.39, 0.29) is 17.6 Å². The van der Waals surface area contributed by atoms with E-state index in [1.165, 1.54) is 4.90 Å². The largest absolute Gasteiger partial charge is 0.365 e. The number of benzene rings is 3. The number of carbonyl (C=O) groups excluding carboxylic acids is 1. The first kappa shape index (κ1) is 17.4. The van der Waals surface area contributed by atoms with Crippen molar-refractivity contribution in [3.8, 4) is 0 Å². The molecule has 1 amide bonds. The highest BCUT2D eigenvalue weighted by atomic mass is 32.1. The Morgan fingerprint density at radius 1 is 0.852 bits per heavy atom. The van der Waals surface area contributed by atoms with Crippen molar-refractivity contribution >= 4 is 28.9 Å². The lowest BCUT2D eigenvalue weighted by atomic mass is 10.0. The Balaban J connectivity index is 1.80. The van der Waals surface area contributed by atoms with Gasteiger partial charge in [0.15, 0.2) is 10.8 Å². The fourth-order valence-corrected chi connectivity index (χ4v) is 3.76. The quantitative estimate of drug-likeness (QED) is 0.709. The number of rotatable bonds is 3. The van der Waals surface area contributed by atoms with Gasteiger partial charge in [0.1, 0.15) is 0 Å². The number of para-hydroxylation sites is 1. The molecule has 1 atom stereocenters. The van der Waals surface area contributed by atoms with Crippen molar-refractivity contribution in [1.82, 2.24) is 4.90 Å². The molecule has 0 saturated carbocycles. The monoisotopic (exact) mass is 374 g/mol. The summed E-state index contributed by atoms with van der Waals surface area (Å²) in [4.78, 5) is 16.2. The van der Waals surface area contributed by atoms with Crippen LogP contribution in [0.2, 0.25) is 0 Å². The third-order valence-corrected chi connectivity index (χ3v) is 5.09. The number of hydrogen-bond donors (Lipinski definition) is 1. The Kier molecular flexibility index (Phi) is 4.48. The molecular weight excluding hydrogens is 356 g/mol. The number of aliphatic hydroxyl groups is 1. The zero-order chi connectivity index (χ0) is 18.9. The number of anilines is 1. The van der Waals surface area contributed by atoms with E-state index in [9.17, 15) is 9.90 Å². The average Bonchev–Trinajstić information content (AvgIpc) is 3.01. The predicted molar refractivity (Wildman–Crippen MR) is 109 cm³/mol. The lowest BCUT2D eigenvalue weighted by molar-refractivity contribution is 0.0432. The molecule has 3 aromatic carbocycles. The summed E-state index contributed by atoms with van der Waals surface area (Å²) in [5.41, 5.74) is 0.506. The minimum atomic E-state index is -1.44. The highest BCUT2D eigenvalue weighted by Crippen LogP contribution is 2.38. The number of β-amino-alcohol motifs (C(OH)–C–C–N with tert-alkyl or cyclic N) is 1. The van der Waals surface area contributed by atoms with Crippen LogP contribution in [0.5, 0.6) is 0 Å². The zero-order valence-electron chi connectivity index (χ0n) is 14.5. The van der Waals surface area contributed by atoms with Gasteiger partial charge < -0.3 is 5.11 Å². The van der Waals surface area contributed by atoms with Crippen LogP contribution in [0, 0.1) is 0 Å². The van der Waals surface area contributed by atoms with Crippen molar-refractivity contribution in [2.75, 3.05) is 11.4 Å². The molecule has 1 heterocycles. The number of carbonyl (C=O) groups is 1. The number of hydrogen-bond acceptors (Lipinski definition) is 3. The molecule has 4 nitrogen and oxygen atoms in total. The van der Waals surface area contributed by atoms with Crippen LogP contribution in [0.4, 0.5) is 5.69 Å². The Hall–Kier alpha value is -3.02. The van der Waals surface area contributed by atoms with Gasteiger partial charge in [-0.3, -0.25) is 14.6 Å². The molecule has 0 bridgehead atoms. The van der Waals surface area contributed by atoms with E-state index in [1.54, 1.807) is 17.0 Å². The molecule has 0 aliphatic carbocycles. The Morgan fingerprint density at radius 3 is 1.96 bits per heavy atom. The standard InChI is InChI=1S/C22H18N2O2S/c25-20(17-10-4-1-5-11-17)23-16-22(26,18-12-6-2-7-13-18)24(21(23)27)19-14-8-3-9-15-19/h1-15,26H,16H2. The lowest BCUT2D eigenvalue weighted by Gasteiger charge is -2.33. The molecule has 0 aromatic heterocycles. The van der Waals surface area contributed by atoms with E-state index in [0.29, 0.717) is 11.1 Å². The van der Waals surface area contributed by atoms with E-state index in [2.05, 4.69) is 0 Å². The van der Waals surface area contributed by atoms with Gasteiger partial charge in [0, 0.05) is 16.8 Å². The van der Waals surface area contributed by atoms with Crippen molar-refractivity contribution < 1.29 is 9.90 Å². The molecule has 1 N–H and O–H groups in total. The second-order valence-corrected chi connectivity index (χ2v) is 6.76. The van der Waals surface area contributed by atoms with Crippen LogP contribution in [-0.2, 0) is 5.72 Å². The summed E-state index contributed by atoms with van der Waals surface area (Å²) < 4.78 is 0. The first-order valence-electron chi connectivity index (χ1n) is 8.65. The molecule has 4 rings (SSSR count). The molecule has 3 aromatic rings. The predicted octanol–water partition coefficient (Wildman–Crippen LogP) is 3.78. The van der Waals surface area contributed by atoms with E-state index in [1.807, 2.05) is 78.9 Å². The van der Waals surface area contributed by atoms with Crippen molar-refractivity contribution in [3.63, 3.8) is 0 Å². The van der Waals surface area contributed by atoms with Crippen LogP contribution in [0.1, 0.15) is 15.9 Å². The third kappa shape index (κ3) is 3.01. The van der Waals surface area contributed by atoms with E-state index in [4.69, 9.17) is 12.2 Å². The van der Waals surface area contributed by atoms with Gasteiger partial charge in [0.2, 0.25) is 0 Å². The Morgan fingerprint density at radius 2 is 1.37 bits per heavy atom. The summed E-state index contributed by atoms with van der Waals surface area (Å²) in [6.07, 6.45) is 0. The summed E-state index contributed by atoms with van der Waals surface area (Å²) in [5.74, 6) is -0.228. The molecule has 27 heavy (non-hydrogen) atoms. The molecule has 1 aliphatic heterocycles. The Bertz CT molecular complexity index is 963. The summed E-state index contributed by atoms with van der Waals surface area (Å²) in [6.45, 7) is 0.0540. The molecule has 134 valence electrons. The van der Waals surface area contributed by atoms with Crippen molar-refractivity contribution in [2.24, 2.45) is 0 Å².